The molecule has 0 bridgehead atoms. The molecule has 19 heavy (non-hydrogen) atoms. The number of hydrogen-bond acceptors (Lipinski definition) is 3. The van der Waals surface area contributed by atoms with Gasteiger partial charge in [-0.1, -0.05) is 6.07 Å². The molecule has 2 rings (SSSR count). The molecule has 0 spiro atoms. The number of rotatable bonds is 3. The summed E-state index contributed by atoms with van der Waals surface area (Å²) in [5.41, 5.74) is 0.369. The number of pyridine rings is 1. The third kappa shape index (κ3) is 2.63. The molecule has 0 aliphatic carbocycles. The molecule has 1 aromatic heterocycles. The minimum atomic E-state index is -1.12. The number of benzene rings is 1. The number of nitrogens with zero attached hydrogens (tertiary/aromatic N) is 2. The first kappa shape index (κ1) is 12.8. The highest BCUT2D eigenvalue weighted by Gasteiger charge is 2.22. The Morgan fingerprint density at radius 2 is 2.05 bits per heavy atom. The molecule has 0 amide bonds. The third-order valence-corrected chi connectivity index (χ3v) is 2.61. The second-order valence-electron chi connectivity index (χ2n) is 3.84. The molecule has 94 valence electrons. The Labute approximate surface area is 108 Å². The number of hydrogen-bond donors (Lipinski definition) is 0. The molecule has 1 aromatic carbocycles. The number of nitriles is 1. The number of carbonyl (C=O) groups excluding carboxylic acids is 1. The van der Waals surface area contributed by atoms with Gasteiger partial charge in [0.15, 0.2) is 17.4 Å². The smallest absolute Gasteiger partial charge is 0.184 e. The molecule has 0 fully saturated rings. The van der Waals surface area contributed by atoms with Gasteiger partial charge in [0.05, 0.1) is 6.07 Å². The topological polar surface area (TPSA) is 53.8 Å². The van der Waals surface area contributed by atoms with Crippen LogP contribution in [0.2, 0.25) is 0 Å². The van der Waals surface area contributed by atoms with Crippen LogP contribution in [0.15, 0.2) is 42.7 Å². The van der Waals surface area contributed by atoms with E-state index in [9.17, 15) is 13.6 Å². The molecule has 1 heterocycles. The van der Waals surface area contributed by atoms with Crippen LogP contribution < -0.4 is 0 Å². The maximum atomic E-state index is 13.1. The number of aromatic nitrogens is 1. The van der Waals surface area contributed by atoms with E-state index >= 15 is 0 Å². The fourth-order valence-electron chi connectivity index (χ4n) is 1.65. The summed E-state index contributed by atoms with van der Waals surface area (Å²) in [6.07, 6.45) is 2.91. The van der Waals surface area contributed by atoms with Crippen LogP contribution in [0.3, 0.4) is 0 Å². The van der Waals surface area contributed by atoms with Gasteiger partial charge in [-0.15, -0.1) is 0 Å². The summed E-state index contributed by atoms with van der Waals surface area (Å²) in [7, 11) is 0. The van der Waals surface area contributed by atoms with Crippen molar-refractivity contribution in [2.45, 2.75) is 5.92 Å². The predicted molar refractivity (Wildman–Crippen MR) is 63.3 cm³/mol. The van der Waals surface area contributed by atoms with Crippen molar-refractivity contribution in [3.8, 4) is 6.07 Å². The van der Waals surface area contributed by atoms with Crippen LogP contribution in [-0.2, 0) is 0 Å². The van der Waals surface area contributed by atoms with Crippen LogP contribution in [0.1, 0.15) is 21.8 Å². The summed E-state index contributed by atoms with van der Waals surface area (Å²) < 4.78 is 25.9. The van der Waals surface area contributed by atoms with Crippen LogP contribution in [0.5, 0.6) is 0 Å². The van der Waals surface area contributed by atoms with Crippen molar-refractivity contribution in [3.05, 3.63) is 65.5 Å². The maximum Gasteiger partial charge on any atom is 0.184 e. The second-order valence-corrected chi connectivity index (χ2v) is 3.84. The van der Waals surface area contributed by atoms with Crippen molar-refractivity contribution in [1.82, 2.24) is 4.98 Å². The lowest BCUT2D eigenvalue weighted by atomic mass is 9.93. The molecule has 3 nitrogen and oxygen atoms in total. The van der Waals surface area contributed by atoms with Gasteiger partial charge in [0.25, 0.3) is 0 Å². The zero-order chi connectivity index (χ0) is 13.8. The van der Waals surface area contributed by atoms with Crippen molar-refractivity contribution in [3.63, 3.8) is 0 Å². The minimum absolute atomic E-state index is 0.0469. The van der Waals surface area contributed by atoms with E-state index in [1.165, 1.54) is 12.4 Å². The van der Waals surface area contributed by atoms with Crippen LogP contribution in [-0.4, -0.2) is 10.8 Å². The summed E-state index contributed by atoms with van der Waals surface area (Å²) >= 11 is 0. The van der Waals surface area contributed by atoms with E-state index in [2.05, 4.69) is 4.98 Å². The summed E-state index contributed by atoms with van der Waals surface area (Å²) in [4.78, 5) is 15.9. The van der Waals surface area contributed by atoms with E-state index < -0.39 is 23.3 Å². The molecular weight excluding hydrogens is 250 g/mol. The summed E-state index contributed by atoms with van der Waals surface area (Å²) in [6.45, 7) is 0. The van der Waals surface area contributed by atoms with Crippen molar-refractivity contribution in [1.29, 1.82) is 5.26 Å². The Hall–Kier alpha value is -2.61. The normalized spacial score (nSPS) is 11.6. The van der Waals surface area contributed by atoms with Crippen LogP contribution in [0.25, 0.3) is 0 Å². The molecule has 2 aromatic rings. The molecule has 0 aliphatic rings. The van der Waals surface area contributed by atoms with Gasteiger partial charge < -0.3 is 0 Å². The second kappa shape index (κ2) is 5.36. The maximum absolute atomic E-state index is 13.1. The third-order valence-electron chi connectivity index (χ3n) is 2.61. The molecule has 5 heteroatoms. The Balaban J connectivity index is 2.37. The fourth-order valence-corrected chi connectivity index (χ4v) is 1.65. The van der Waals surface area contributed by atoms with Gasteiger partial charge in [0.2, 0.25) is 0 Å². The summed E-state index contributed by atoms with van der Waals surface area (Å²) in [6, 6.07) is 7.83. The average molecular weight is 258 g/mol. The molecule has 0 aliphatic heterocycles. The molecule has 0 N–H and O–H groups in total. The zero-order valence-corrected chi connectivity index (χ0v) is 9.68. The monoisotopic (exact) mass is 258 g/mol. The van der Waals surface area contributed by atoms with Gasteiger partial charge in [-0.3, -0.25) is 9.78 Å². The summed E-state index contributed by atoms with van der Waals surface area (Å²) in [5.74, 6) is -3.83. The van der Waals surface area contributed by atoms with Crippen molar-refractivity contribution < 1.29 is 13.6 Å². The van der Waals surface area contributed by atoms with Gasteiger partial charge in [-0.2, -0.15) is 5.26 Å². The first-order valence-corrected chi connectivity index (χ1v) is 5.42. The van der Waals surface area contributed by atoms with Crippen LogP contribution in [0.4, 0.5) is 8.78 Å². The Morgan fingerprint density at radius 3 is 2.63 bits per heavy atom. The highest BCUT2D eigenvalue weighted by Crippen LogP contribution is 2.20. The van der Waals surface area contributed by atoms with Crippen molar-refractivity contribution >= 4 is 5.78 Å². The average Bonchev–Trinajstić information content (AvgIpc) is 2.44. The molecule has 1 unspecified atom stereocenters. The van der Waals surface area contributed by atoms with Crippen molar-refractivity contribution in [2.75, 3.05) is 0 Å². The lowest BCUT2D eigenvalue weighted by Crippen LogP contribution is -2.12. The SMILES string of the molecule is N#CC(C(=O)c1ccc(F)c(F)c1)c1cccnc1. The number of halogens is 2. The number of ketones is 1. The predicted octanol–water partition coefficient (Wildman–Crippen LogP) is 2.85. The van der Waals surface area contributed by atoms with E-state index in [-0.39, 0.29) is 5.56 Å². The standard InChI is InChI=1S/C14H8F2N2O/c15-12-4-3-9(6-13(12)16)14(19)11(7-17)10-2-1-5-18-8-10/h1-6,8,11H. The van der Waals surface area contributed by atoms with Gasteiger partial charge in [-0.05, 0) is 29.8 Å². The van der Waals surface area contributed by atoms with Gasteiger partial charge in [0.1, 0.15) is 5.92 Å². The highest BCUT2D eigenvalue weighted by atomic mass is 19.2. The van der Waals surface area contributed by atoms with E-state index in [4.69, 9.17) is 5.26 Å². The zero-order valence-electron chi connectivity index (χ0n) is 9.68. The number of Topliss-reactive ketones (excluding diaryl/α,β-unsaturated/α-hetero) is 1. The molecule has 0 radical (unpaired) electrons. The molecular formula is C14H8F2N2O. The van der Waals surface area contributed by atoms with E-state index in [0.29, 0.717) is 5.56 Å². The Bertz CT molecular complexity index is 650. The van der Waals surface area contributed by atoms with Gasteiger partial charge >= 0.3 is 0 Å². The lowest BCUT2D eigenvalue weighted by Gasteiger charge is -2.08. The fraction of sp³-hybridized carbons (Fsp3) is 0.0714. The Kier molecular flexibility index (Phi) is 3.62. The summed E-state index contributed by atoms with van der Waals surface area (Å²) in [5, 5.41) is 9.07. The minimum Gasteiger partial charge on any atom is -0.292 e. The number of carbonyl (C=O) groups is 1. The van der Waals surface area contributed by atoms with Gasteiger partial charge in [-0.25, -0.2) is 8.78 Å². The van der Waals surface area contributed by atoms with Crippen LogP contribution in [0, 0.1) is 23.0 Å². The van der Waals surface area contributed by atoms with E-state index in [0.717, 1.165) is 18.2 Å². The van der Waals surface area contributed by atoms with Gasteiger partial charge in [0, 0.05) is 18.0 Å². The van der Waals surface area contributed by atoms with E-state index in [1.54, 1.807) is 12.1 Å². The first-order valence-electron chi connectivity index (χ1n) is 5.42. The Morgan fingerprint density at radius 1 is 1.26 bits per heavy atom. The van der Waals surface area contributed by atoms with Crippen molar-refractivity contribution in [2.24, 2.45) is 0 Å². The first-order chi connectivity index (χ1) is 9.13. The highest BCUT2D eigenvalue weighted by molar-refractivity contribution is 6.02. The van der Waals surface area contributed by atoms with E-state index in [1.807, 2.05) is 6.07 Å². The molecule has 1 atom stereocenters. The van der Waals surface area contributed by atoms with Crippen LogP contribution >= 0.6 is 0 Å². The molecule has 0 saturated carbocycles. The quantitative estimate of drug-likeness (QED) is 0.795. The largest absolute Gasteiger partial charge is 0.292 e. The molecule has 0 saturated heterocycles. The lowest BCUT2D eigenvalue weighted by molar-refractivity contribution is 0.0978.